The number of aromatic nitrogens is 2. The third-order valence-electron chi connectivity index (χ3n) is 6.88. The van der Waals surface area contributed by atoms with Gasteiger partial charge in [0.05, 0.1) is 12.7 Å². The van der Waals surface area contributed by atoms with Gasteiger partial charge in [-0.15, -0.1) is 0 Å². The summed E-state index contributed by atoms with van der Waals surface area (Å²) in [6, 6.07) is 7.80. The number of piperidine rings is 1. The number of alkyl halides is 3. The summed E-state index contributed by atoms with van der Waals surface area (Å²) in [6.45, 7) is 7.44. The number of hydrogen-bond acceptors (Lipinski definition) is 6. The molecule has 0 spiro atoms. The number of anilines is 1. The van der Waals surface area contributed by atoms with E-state index in [2.05, 4.69) is 32.3 Å². The van der Waals surface area contributed by atoms with E-state index >= 15 is 0 Å². The summed E-state index contributed by atoms with van der Waals surface area (Å²) in [5.74, 6) is 1.09. The smallest absolute Gasteiger partial charge is 0.419 e. The van der Waals surface area contributed by atoms with Crippen molar-refractivity contribution in [3.63, 3.8) is 0 Å². The van der Waals surface area contributed by atoms with Crippen LogP contribution in [-0.2, 0) is 12.7 Å². The van der Waals surface area contributed by atoms with Crippen LogP contribution in [0.15, 0.2) is 36.7 Å². The second-order valence-corrected chi connectivity index (χ2v) is 9.63. The van der Waals surface area contributed by atoms with E-state index in [4.69, 9.17) is 4.74 Å². The molecule has 1 aromatic carbocycles. The van der Waals surface area contributed by atoms with E-state index in [-0.39, 0.29) is 30.1 Å². The van der Waals surface area contributed by atoms with Gasteiger partial charge in [0.25, 0.3) is 0 Å². The number of amides is 2. The third kappa shape index (κ3) is 6.18. The molecule has 2 saturated heterocycles. The highest BCUT2D eigenvalue weighted by Crippen LogP contribution is 2.29. The number of hydrogen-bond donors (Lipinski definition) is 1. The van der Waals surface area contributed by atoms with Gasteiger partial charge in [0.2, 0.25) is 5.95 Å². The number of piperazine rings is 1. The first-order valence-corrected chi connectivity index (χ1v) is 12.2. The van der Waals surface area contributed by atoms with E-state index in [1.807, 2.05) is 35.8 Å². The number of urea groups is 1. The lowest BCUT2D eigenvalue weighted by Crippen LogP contribution is -2.62. The SMILES string of the molecule is COc1ccc(CN2CCC(NC(=O)N3[C@H](C)CN(c4ncc(C(F)(F)F)cn4)C[C@@H]3C)CC2)cc1. The quantitative estimate of drug-likeness (QED) is 0.666. The highest BCUT2D eigenvalue weighted by molar-refractivity contribution is 5.75. The fourth-order valence-corrected chi connectivity index (χ4v) is 4.99. The number of nitrogens with zero attached hydrogens (tertiary/aromatic N) is 5. The van der Waals surface area contributed by atoms with Crippen molar-refractivity contribution >= 4 is 12.0 Å². The number of ether oxygens (including phenoxy) is 1. The van der Waals surface area contributed by atoms with Crippen molar-refractivity contribution in [3.05, 3.63) is 47.8 Å². The Labute approximate surface area is 209 Å². The molecule has 8 nitrogen and oxygen atoms in total. The van der Waals surface area contributed by atoms with Gasteiger partial charge in [0, 0.05) is 63.2 Å². The maximum absolute atomic E-state index is 13.1. The lowest BCUT2D eigenvalue weighted by Gasteiger charge is -2.45. The first kappa shape index (κ1) is 26.0. The third-order valence-corrected chi connectivity index (χ3v) is 6.88. The zero-order valence-electron chi connectivity index (χ0n) is 20.8. The molecule has 0 aliphatic carbocycles. The molecule has 2 atom stereocenters. The molecular formula is C25H33F3N6O2. The maximum Gasteiger partial charge on any atom is 0.419 e. The highest BCUT2D eigenvalue weighted by atomic mass is 19.4. The molecular weight excluding hydrogens is 473 g/mol. The van der Waals surface area contributed by atoms with Crippen molar-refractivity contribution in [2.75, 3.05) is 38.2 Å². The number of halogens is 3. The topological polar surface area (TPSA) is 73.8 Å². The fraction of sp³-hybridized carbons (Fsp3) is 0.560. The van der Waals surface area contributed by atoms with Crippen LogP contribution in [0.2, 0.25) is 0 Å². The van der Waals surface area contributed by atoms with E-state index in [1.54, 1.807) is 7.11 Å². The van der Waals surface area contributed by atoms with Crippen molar-refractivity contribution < 1.29 is 22.7 Å². The molecule has 0 radical (unpaired) electrons. The fourth-order valence-electron chi connectivity index (χ4n) is 4.99. The Balaban J connectivity index is 1.26. The standard InChI is InChI=1S/C25H33F3N6O2/c1-17-14-33(23-29-12-20(13-30-23)25(26,27)28)15-18(2)34(17)24(35)31-21-8-10-32(11-9-21)16-19-4-6-22(36-3)7-5-19/h4-7,12-13,17-18,21H,8-11,14-16H2,1-3H3,(H,31,35)/t17-,18+. The van der Waals surface area contributed by atoms with Crippen LogP contribution in [0.3, 0.4) is 0 Å². The van der Waals surface area contributed by atoms with E-state index in [1.165, 1.54) is 5.56 Å². The van der Waals surface area contributed by atoms with Crippen molar-refractivity contribution in [3.8, 4) is 5.75 Å². The highest BCUT2D eigenvalue weighted by Gasteiger charge is 2.36. The molecule has 2 aliphatic heterocycles. The van der Waals surface area contributed by atoms with E-state index in [0.29, 0.717) is 13.1 Å². The Hall–Kier alpha value is -3.08. The molecule has 11 heteroatoms. The van der Waals surface area contributed by atoms with Gasteiger partial charge in [-0.25, -0.2) is 14.8 Å². The second-order valence-electron chi connectivity index (χ2n) is 9.63. The molecule has 4 rings (SSSR count). The van der Waals surface area contributed by atoms with Gasteiger partial charge in [-0.1, -0.05) is 12.1 Å². The molecule has 0 unspecified atom stereocenters. The van der Waals surface area contributed by atoms with E-state index in [9.17, 15) is 18.0 Å². The number of carbonyl (C=O) groups is 1. The van der Waals surface area contributed by atoms with Crippen LogP contribution in [0.1, 0.15) is 37.8 Å². The predicted molar refractivity (Wildman–Crippen MR) is 130 cm³/mol. The minimum atomic E-state index is -4.47. The van der Waals surface area contributed by atoms with Crippen molar-refractivity contribution in [2.24, 2.45) is 0 Å². The van der Waals surface area contributed by atoms with Gasteiger partial charge < -0.3 is 19.9 Å². The van der Waals surface area contributed by atoms with Crippen LogP contribution in [-0.4, -0.2) is 77.2 Å². The number of methoxy groups -OCH3 is 1. The van der Waals surface area contributed by atoms with Gasteiger partial charge >= 0.3 is 12.2 Å². The summed E-state index contributed by atoms with van der Waals surface area (Å²) in [5.41, 5.74) is 0.358. The van der Waals surface area contributed by atoms with Gasteiger partial charge in [-0.05, 0) is 44.4 Å². The van der Waals surface area contributed by atoms with Crippen LogP contribution in [0.25, 0.3) is 0 Å². The van der Waals surface area contributed by atoms with Gasteiger partial charge in [-0.3, -0.25) is 4.90 Å². The van der Waals surface area contributed by atoms with Crippen molar-refractivity contribution in [1.29, 1.82) is 0 Å². The molecule has 36 heavy (non-hydrogen) atoms. The average molecular weight is 507 g/mol. The maximum atomic E-state index is 13.1. The molecule has 3 heterocycles. The first-order chi connectivity index (χ1) is 17.1. The zero-order chi connectivity index (χ0) is 25.9. The summed E-state index contributed by atoms with van der Waals surface area (Å²) in [5, 5.41) is 3.20. The Morgan fingerprint density at radius 3 is 2.17 bits per heavy atom. The summed E-state index contributed by atoms with van der Waals surface area (Å²) < 4.78 is 43.7. The number of carbonyl (C=O) groups excluding carboxylic acids is 1. The summed E-state index contributed by atoms with van der Waals surface area (Å²) in [4.78, 5) is 27.0. The Kier molecular flexibility index (Phi) is 7.87. The van der Waals surface area contributed by atoms with E-state index < -0.39 is 11.7 Å². The summed E-state index contributed by atoms with van der Waals surface area (Å²) in [7, 11) is 1.66. The Morgan fingerprint density at radius 2 is 1.64 bits per heavy atom. The van der Waals surface area contributed by atoms with Crippen LogP contribution < -0.4 is 15.0 Å². The second kappa shape index (κ2) is 10.9. The van der Waals surface area contributed by atoms with Crippen LogP contribution in [0, 0.1) is 0 Å². The first-order valence-electron chi connectivity index (χ1n) is 12.2. The predicted octanol–water partition coefficient (Wildman–Crippen LogP) is 3.78. The molecule has 1 aromatic heterocycles. The number of benzene rings is 1. The summed E-state index contributed by atoms with van der Waals surface area (Å²) >= 11 is 0. The largest absolute Gasteiger partial charge is 0.497 e. The lowest BCUT2D eigenvalue weighted by atomic mass is 10.0. The van der Waals surface area contributed by atoms with Crippen molar-refractivity contribution in [1.82, 2.24) is 25.1 Å². The van der Waals surface area contributed by atoms with Crippen LogP contribution in [0.5, 0.6) is 5.75 Å². The lowest BCUT2D eigenvalue weighted by molar-refractivity contribution is -0.138. The molecule has 2 aromatic rings. The van der Waals surface area contributed by atoms with Crippen molar-refractivity contribution in [2.45, 2.75) is 57.5 Å². The van der Waals surface area contributed by atoms with Gasteiger partial charge in [0.1, 0.15) is 5.75 Å². The number of nitrogens with one attached hydrogen (secondary N) is 1. The Bertz CT molecular complexity index is 998. The number of rotatable bonds is 5. The molecule has 2 aliphatic rings. The molecule has 2 amide bonds. The zero-order valence-corrected chi connectivity index (χ0v) is 20.8. The van der Waals surface area contributed by atoms with Gasteiger partial charge in [0.15, 0.2) is 0 Å². The average Bonchev–Trinajstić information content (AvgIpc) is 2.85. The monoisotopic (exact) mass is 506 g/mol. The normalized spacial score (nSPS) is 21.9. The minimum absolute atomic E-state index is 0.100. The molecule has 2 fully saturated rings. The van der Waals surface area contributed by atoms with Crippen LogP contribution >= 0.6 is 0 Å². The molecule has 0 bridgehead atoms. The Morgan fingerprint density at radius 1 is 1.06 bits per heavy atom. The van der Waals surface area contributed by atoms with Gasteiger partial charge in [-0.2, -0.15) is 13.2 Å². The molecule has 0 saturated carbocycles. The molecule has 1 N–H and O–H groups in total. The summed E-state index contributed by atoms with van der Waals surface area (Å²) in [6.07, 6.45) is -1.11. The van der Waals surface area contributed by atoms with Crippen LogP contribution in [0.4, 0.5) is 23.9 Å². The molecule has 196 valence electrons. The minimum Gasteiger partial charge on any atom is -0.497 e. The number of likely N-dealkylation sites (tertiary alicyclic amines) is 1. The van der Waals surface area contributed by atoms with E-state index in [0.717, 1.165) is 50.6 Å².